The molecule has 5 aliphatic heterocycles. The molecule has 0 aliphatic carbocycles. The van der Waals surface area contributed by atoms with Gasteiger partial charge in [-0.1, -0.05) is 17.7 Å². The lowest BCUT2D eigenvalue weighted by molar-refractivity contribution is -0.120. The number of amides is 2. The number of aromatic nitrogens is 1. The molecule has 13 heteroatoms. The van der Waals surface area contributed by atoms with E-state index in [4.69, 9.17) is 16.3 Å². The fourth-order valence-corrected chi connectivity index (χ4v) is 11.7. The summed E-state index contributed by atoms with van der Waals surface area (Å²) < 4.78 is 11.2. The lowest BCUT2D eigenvalue weighted by atomic mass is 9.81. The molecule has 6 heterocycles. The molecule has 6 aromatic rings. The van der Waals surface area contributed by atoms with Crippen molar-refractivity contribution in [2.24, 2.45) is 0 Å². The van der Waals surface area contributed by atoms with Gasteiger partial charge in [0.05, 0.1) is 23.1 Å². The number of phenolic OH excluding ortho intramolecular Hbond substituents is 1. The molecule has 0 saturated carbocycles. The molecule has 2 amide bonds. The van der Waals surface area contributed by atoms with Gasteiger partial charge in [0, 0.05) is 99.4 Å². The largest absolute Gasteiger partial charge is 0.508 e. The predicted octanol–water partition coefficient (Wildman–Crippen LogP) is 7.00. The van der Waals surface area contributed by atoms with Gasteiger partial charge in [-0.2, -0.15) is 0 Å². The molecule has 68 heavy (non-hydrogen) atoms. The van der Waals surface area contributed by atoms with Crippen LogP contribution in [0.15, 0.2) is 72.8 Å². The van der Waals surface area contributed by atoms with Crippen molar-refractivity contribution in [2.45, 2.75) is 77.6 Å². The van der Waals surface area contributed by atoms with Gasteiger partial charge in [0.2, 0.25) is 11.3 Å². The fourth-order valence-electron chi connectivity index (χ4n) is 11.6. The zero-order valence-corrected chi connectivity index (χ0v) is 38.9. The third kappa shape index (κ3) is 7.59. The number of hydrogen-bond acceptors (Lipinski definition) is 7. The first-order chi connectivity index (χ1) is 33.0. The summed E-state index contributed by atoms with van der Waals surface area (Å²) in [5.41, 5.74) is 11.3. The Balaban J connectivity index is 0.812. The highest BCUT2D eigenvalue weighted by Gasteiger charge is 2.37. The summed E-state index contributed by atoms with van der Waals surface area (Å²) in [4.78, 5) is 56.4. The zero-order valence-electron chi connectivity index (χ0n) is 38.1. The van der Waals surface area contributed by atoms with Gasteiger partial charge in [0.15, 0.2) is 0 Å². The highest BCUT2D eigenvalue weighted by atomic mass is 35.5. The number of ether oxygens (including phenoxy) is 1. The number of halogens is 1. The van der Waals surface area contributed by atoms with Crippen molar-refractivity contribution in [3.05, 3.63) is 150 Å². The van der Waals surface area contributed by atoms with Crippen LogP contribution in [0.3, 0.4) is 0 Å². The normalized spacial score (nSPS) is 15.5. The van der Waals surface area contributed by atoms with Crippen molar-refractivity contribution in [2.75, 3.05) is 44.2 Å². The number of carbonyl (C=O) groups excluding carboxylic acids is 3. The van der Waals surface area contributed by atoms with E-state index in [0.717, 1.165) is 105 Å². The second-order valence-electron chi connectivity index (χ2n) is 18.8. The Morgan fingerprint density at radius 1 is 0.765 bits per heavy atom. The fraction of sp³-hybridized carbons (Fsp3) is 0.327. The number of fused-ring (bicyclic) bond motifs is 5. The molecule has 0 atom stereocenters. The smallest absolute Gasteiger partial charge is 0.336 e. The van der Waals surface area contributed by atoms with E-state index >= 15 is 0 Å². The molecule has 12 nitrogen and oxygen atoms in total. The van der Waals surface area contributed by atoms with E-state index in [1.54, 1.807) is 54.0 Å². The first-order valence-corrected chi connectivity index (χ1v) is 24.4. The van der Waals surface area contributed by atoms with E-state index in [9.17, 15) is 29.4 Å². The number of carbonyl (C=O) groups is 4. The van der Waals surface area contributed by atoms with Crippen LogP contribution >= 0.6 is 11.6 Å². The van der Waals surface area contributed by atoms with Crippen molar-refractivity contribution in [1.82, 2.24) is 19.8 Å². The molecule has 0 saturated heterocycles. The van der Waals surface area contributed by atoms with Crippen LogP contribution in [-0.2, 0) is 36.9 Å². The minimum atomic E-state index is -1.10. The molecule has 4 N–H and O–H groups in total. The van der Waals surface area contributed by atoms with Gasteiger partial charge in [-0.25, -0.2) is 9.37 Å². The number of rotatable bonds is 11. The van der Waals surface area contributed by atoms with Gasteiger partial charge in [-0.3, -0.25) is 19.0 Å². The maximum Gasteiger partial charge on any atom is 0.336 e. The average molecular weight is 932 g/mol. The number of carboxylic acids is 1. The summed E-state index contributed by atoms with van der Waals surface area (Å²) in [5, 5.41) is 30.5. The molecular weight excluding hydrogens is 878 g/mol. The molecule has 0 spiro atoms. The minimum absolute atomic E-state index is 0.00139. The second-order valence-corrected chi connectivity index (χ2v) is 19.2. The quantitative estimate of drug-likeness (QED) is 0.0800. The Morgan fingerprint density at radius 3 is 2.28 bits per heavy atom. The van der Waals surface area contributed by atoms with Crippen molar-refractivity contribution in [3.8, 4) is 17.2 Å². The number of phenols is 1. The van der Waals surface area contributed by atoms with Crippen molar-refractivity contribution >= 4 is 57.5 Å². The highest BCUT2D eigenvalue weighted by molar-refractivity contribution is 6.30. The third-order valence-electron chi connectivity index (χ3n) is 14.6. The summed E-state index contributed by atoms with van der Waals surface area (Å²) in [6.07, 6.45) is 9.08. The van der Waals surface area contributed by atoms with E-state index in [1.165, 1.54) is 45.4 Å². The highest BCUT2D eigenvalue weighted by Crippen LogP contribution is 2.49. The summed E-state index contributed by atoms with van der Waals surface area (Å²) in [5.74, 6) is -0.266. The average Bonchev–Trinajstić information content (AvgIpc) is 3.61. The van der Waals surface area contributed by atoms with Crippen LogP contribution in [0.4, 0.5) is 5.69 Å². The SMILES string of the molecule is Cc1c(CC(=O)NCCCCNC(=O)c2ccc(C3=c4cc5c6c(c4Oc4c3cc3c7c4CCCN7CCC3)CCC[N+]=6CCC5)c(C(=O)O)c2)c2cc(O)ccc2n1C(=O)c1ccc(Cl)cc1. The number of nitrogens with zero attached hydrogens (tertiary/aromatic N) is 3. The van der Waals surface area contributed by atoms with Crippen LogP contribution in [-0.4, -0.2) is 77.7 Å². The number of carboxylic acid groups (broad SMARTS) is 1. The molecule has 346 valence electrons. The molecule has 0 fully saturated rings. The first kappa shape index (κ1) is 43.6. The molecule has 0 bridgehead atoms. The monoisotopic (exact) mass is 930 g/mol. The molecule has 11 rings (SSSR count). The molecular formula is C55H53ClN5O7+. The molecule has 0 radical (unpaired) electrons. The van der Waals surface area contributed by atoms with Gasteiger partial charge in [-0.05, 0) is 142 Å². The van der Waals surface area contributed by atoms with Gasteiger partial charge >= 0.3 is 5.97 Å². The standard InChI is InChI=1S/C55H52ClN5O7/c1-31-41(42-29-37(62)17-19-46(42)61(31)54(65)32-12-15-36(56)16-13-32)30-47(63)57-20-2-3-21-58-53(64)35-14-18-38(43(28-35)55(66)67)48-44-26-33-8-4-22-59-24-6-10-39(49(33)59)51(44)68-52-40-11-7-25-60-23-5-9-34(50(40)60)27-45(48)52/h12-19,26-29H,2-11,20-25,30H2,1H3,(H3-,57,58,62,63,64,66,67)/p+1. The molecule has 5 aromatic carbocycles. The maximum atomic E-state index is 13.7. The minimum Gasteiger partial charge on any atom is -0.508 e. The van der Waals surface area contributed by atoms with Crippen LogP contribution in [0.1, 0.15) is 114 Å². The Kier molecular flexibility index (Phi) is 11.3. The summed E-state index contributed by atoms with van der Waals surface area (Å²) in [7, 11) is 0. The topological polar surface area (TPSA) is 153 Å². The van der Waals surface area contributed by atoms with Gasteiger partial charge < -0.3 is 30.5 Å². The number of anilines is 1. The Labute approximate surface area is 398 Å². The molecule has 0 unspecified atom stereocenters. The number of aryl methyl sites for hydroxylation is 2. The van der Waals surface area contributed by atoms with Crippen LogP contribution in [0.5, 0.6) is 17.2 Å². The Bertz CT molecular complexity index is 3280. The van der Waals surface area contributed by atoms with E-state index < -0.39 is 5.97 Å². The van der Waals surface area contributed by atoms with E-state index in [0.29, 0.717) is 64.2 Å². The number of nitrogens with one attached hydrogen (secondary N) is 2. The number of hydrogen-bond donors (Lipinski definition) is 4. The summed E-state index contributed by atoms with van der Waals surface area (Å²) in [6.45, 7) is 6.58. The maximum absolute atomic E-state index is 13.7. The third-order valence-corrected chi connectivity index (χ3v) is 14.9. The van der Waals surface area contributed by atoms with Gasteiger partial charge in [0.1, 0.15) is 30.3 Å². The van der Waals surface area contributed by atoms with Crippen LogP contribution in [0.2, 0.25) is 5.02 Å². The van der Waals surface area contributed by atoms with E-state index in [1.807, 2.05) is 6.07 Å². The van der Waals surface area contributed by atoms with E-state index in [2.05, 4.69) is 32.2 Å². The lowest BCUT2D eigenvalue weighted by Gasteiger charge is -2.39. The molecule has 1 aromatic heterocycles. The number of aromatic hydroxyl groups is 1. The predicted molar refractivity (Wildman–Crippen MR) is 261 cm³/mol. The van der Waals surface area contributed by atoms with Crippen molar-refractivity contribution in [1.29, 1.82) is 0 Å². The number of unbranched alkanes of at least 4 members (excludes halogenated alkanes) is 1. The molecule has 5 aliphatic rings. The summed E-state index contributed by atoms with van der Waals surface area (Å²) >= 11 is 6.06. The van der Waals surface area contributed by atoms with Crippen LogP contribution in [0, 0.1) is 6.92 Å². The van der Waals surface area contributed by atoms with Crippen molar-refractivity contribution in [3.63, 3.8) is 0 Å². The van der Waals surface area contributed by atoms with E-state index in [-0.39, 0.29) is 41.0 Å². The second kappa shape index (κ2) is 17.6. The Morgan fingerprint density at radius 2 is 1.49 bits per heavy atom. The van der Waals surface area contributed by atoms with Gasteiger partial charge in [0.25, 0.3) is 11.8 Å². The van der Waals surface area contributed by atoms with Crippen LogP contribution < -0.4 is 35.4 Å². The lowest BCUT2D eigenvalue weighted by Crippen LogP contribution is -2.45. The Hall–Kier alpha value is -6.92. The van der Waals surface area contributed by atoms with Gasteiger partial charge in [-0.15, -0.1) is 0 Å². The zero-order chi connectivity index (χ0) is 46.8. The first-order valence-electron chi connectivity index (χ1n) is 24.0. The number of aromatic carboxylic acids is 1. The number of benzene rings is 5. The van der Waals surface area contributed by atoms with Crippen molar-refractivity contribution < 1.29 is 34.1 Å². The summed E-state index contributed by atoms with van der Waals surface area (Å²) in [6, 6.07) is 20.9. The van der Waals surface area contributed by atoms with Crippen LogP contribution in [0.25, 0.3) is 16.5 Å².